The molecule has 9 heteroatoms. The van der Waals surface area contributed by atoms with E-state index in [4.69, 9.17) is 14.5 Å². The van der Waals surface area contributed by atoms with Crippen LogP contribution < -0.4 is 4.74 Å². The van der Waals surface area contributed by atoms with Gasteiger partial charge in [-0.2, -0.15) is 0 Å². The van der Waals surface area contributed by atoms with E-state index in [9.17, 15) is 14.0 Å². The Bertz CT molecular complexity index is 1590. The van der Waals surface area contributed by atoms with Crippen molar-refractivity contribution in [3.05, 3.63) is 89.0 Å². The fourth-order valence-electron chi connectivity index (χ4n) is 5.17. The van der Waals surface area contributed by atoms with Crippen LogP contribution >= 0.6 is 0 Å². The highest BCUT2D eigenvalue weighted by Gasteiger charge is 2.32. The van der Waals surface area contributed by atoms with Crippen molar-refractivity contribution in [3.63, 3.8) is 0 Å². The number of piperazine rings is 1. The summed E-state index contributed by atoms with van der Waals surface area (Å²) < 4.78 is 27.6. The number of halogens is 1. The maximum absolute atomic E-state index is 14.6. The Kier molecular flexibility index (Phi) is 7.71. The molecule has 0 unspecified atom stereocenters. The quantitative estimate of drug-likeness (QED) is 0.311. The van der Waals surface area contributed by atoms with Gasteiger partial charge in [0, 0.05) is 49.4 Å². The number of nitrogens with zero attached hydrogens (tertiary/aromatic N) is 4. The Morgan fingerprint density at radius 1 is 0.976 bits per heavy atom. The van der Waals surface area contributed by atoms with Crippen molar-refractivity contribution < 1.29 is 23.5 Å². The predicted octanol–water partition coefficient (Wildman–Crippen LogP) is 5.77. The molecule has 0 aliphatic carbocycles. The third-order valence-corrected chi connectivity index (χ3v) is 7.30. The Morgan fingerprint density at radius 2 is 1.66 bits per heavy atom. The molecule has 1 fully saturated rings. The van der Waals surface area contributed by atoms with E-state index in [0.29, 0.717) is 66.2 Å². The third kappa shape index (κ3) is 5.75. The van der Waals surface area contributed by atoms with Gasteiger partial charge in [0.05, 0.1) is 18.9 Å². The minimum atomic E-state index is -0.598. The molecule has 0 radical (unpaired) electrons. The molecule has 1 aliphatic rings. The first-order valence-corrected chi connectivity index (χ1v) is 13.7. The molecule has 214 valence electrons. The zero-order valence-electron chi connectivity index (χ0n) is 24.1. The van der Waals surface area contributed by atoms with Crippen LogP contribution in [0.2, 0.25) is 0 Å². The van der Waals surface area contributed by atoms with Crippen LogP contribution in [0.1, 0.15) is 48.0 Å². The minimum absolute atomic E-state index is 0.173. The van der Waals surface area contributed by atoms with Gasteiger partial charge in [-0.1, -0.05) is 30.3 Å². The number of aromatic nitrogens is 2. The summed E-state index contributed by atoms with van der Waals surface area (Å²) in [4.78, 5) is 35.1. The summed E-state index contributed by atoms with van der Waals surface area (Å²) in [6.45, 7) is 8.67. The van der Waals surface area contributed by atoms with E-state index >= 15 is 0 Å². The molecule has 8 nitrogen and oxygen atoms in total. The summed E-state index contributed by atoms with van der Waals surface area (Å²) in [5.41, 5.74) is 3.36. The summed E-state index contributed by atoms with van der Waals surface area (Å²) in [6.07, 6.45) is 1.56. The minimum Gasteiger partial charge on any atom is -0.495 e. The van der Waals surface area contributed by atoms with E-state index in [1.165, 1.54) is 6.07 Å². The number of carbonyl (C=O) groups is 2. The van der Waals surface area contributed by atoms with Crippen molar-refractivity contribution in [3.8, 4) is 11.4 Å². The number of carbonyl (C=O) groups excluding carboxylic acids is 2. The van der Waals surface area contributed by atoms with Crippen LogP contribution in [0.25, 0.3) is 16.7 Å². The van der Waals surface area contributed by atoms with Gasteiger partial charge in [0.2, 0.25) is 0 Å². The van der Waals surface area contributed by atoms with Gasteiger partial charge in [-0.15, -0.1) is 0 Å². The lowest BCUT2D eigenvalue weighted by Gasteiger charge is -2.35. The molecule has 1 saturated heterocycles. The number of pyridine rings is 1. The van der Waals surface area contributed by atoms with Crippen LogP contribution in [0.5, 0.6) is 5.75 Å². The molecule has 2 aromatic carbocycles. The topological polar surface area (TPSA) is 76.9 Å². The van der Waals surface area contributed by atoms with Crippen molar-refractivity contribution in [1.82, 2.24) is 19.4 Å². The van der Waals surface area contributed by atoms with Gasteiger partial charge in [0.25, 0.3) is 5.91 Å². The first-order valence-electron chi connectivity index (χ1n) is 13.7. The van der Waals surface area contributed by atoms with Crippen molar-refractivity contribution in [1.29, 1.82) is 0 Å². The zero-order valence-corrected chi connectivity index (χ0v) is 24.1. The van der Waals surface area contributed by atoms with Gasteiger partial charge in [-0.05, 0) is 63.1 Å². The van der Waals surface area contributed by atoms with Gasteiger partial charge in [-0.25, -0.2) is 14.2 Å². The number of rotatable bonds is 5. The van der Waals surface area contributed by atoms with E-state index < -0.39 is 5.60 Å². The van der Waals surface area contributed by atoms with Crippen LogP contribution in [0.4, 0.5) is 9.18 Å². The van der Waals surface area contributed by atoms with Crippen LogP contribution in [0.3, 0.4) is 0 Å². The lowest BCUT2D eigenvalue weighted by Crippen LogP contribution is -2.51. The Balaban J connectivity index is 1.61. The molecular formula is C32H35FN4O4. The number of hydrogen-bond donors (Lipinski definition) is 0. The maximum Gasteiger partial charge on any atom is 0.410 e. The normalized spacial score (nSPS) is 13.9. The summed E-state index contributed by atoms with van der Waals surface area (Å²) in [7, 11) is 1.56. The van der Waals surface area contributed by atoms with Crippen molar-refractivity contribution in [2.24, 2.45) is 0 Å². The van der Waals surface area contributed by atoms with Gasteiger partial charge in [0.15, 0.2) is 0 Å². The lowest BCUT2D eigenvalue weighted by atomic mass is 9.99. The van der Waals surface area contributed by atoms with E-state index in [1.807, 2.05) is 67.8 Å². The molecule has 0 saturated carbocycles. The molecule has 2 aromatic heterocycles. The van der Waals surface area contributed by atoms with Crippen LogP contribution in [0.15, 0.2) is 60.8 Å². The average Bonchev–Trinajstić information content (AvgIpc) is 3.27. The maximum atomic E-state index is 14.6. The highest BCUT2D eigenvalue weighted by molar-refractivity contribution is 6.08. The molecule has 4 aromatic rings. The Labute approximate surface area is 239 Å². The number of para-hydroxylation sites is 1. The molecule has 41 heavy (non-hydrogen) atoms. The van der Waals surface area contributed by atoms with E-state index in [2.05, 4.69) is 0 Å². The third-order valence-electron chi connectivity index (χ3n) is 7.30. The summed E-state index contributed by atoms with van der Waals surface area (Å²) in [6, 6.07) is 16.5. The zero-order chi connectivity index (χ0) is 29.3. The van der Waals surface area contributed by atoms with Gasteiger partial charge in [-0.3, -0.25) is 9.36 Å². The molecule has 0 atom stereocenters. The van der Waals surface area contributed by atoms with Crippen LogP contribution in [-0.2, 0) is 11.2 Å². The second-order valence-corrected chi connectivity index (χ2v) is 11.2. The monoisotopic (exact) mass is 558 g/mol. The molecule has 2 amide bonds. The van der Waals surface area contributed by atoms with Gasteiger partial charge in [0.1, 0.15) is 22.8 Å². The molecule has 0 N–H and O–H groups in total. The molecule has 3 heterocycles. The van der Waals surface area contributed by atoms with Crippen molar-refractivity contribution in [2.45, 2.75) is 39.7 Å². The molecule has 5 rings (SSSR count). The molecule has 0 bridgehead atoms. The Morgan fingerprint density at radius 3 is 2.32 bits per heavy atom. The first kappa shape index (κ1) is 28.1. The van der Waals surface area contributed by atoms with Gasteiger partial charge < -0.3 is 19.3 Å². The van der Waals surface area contributed by atoms with Gasteiger partial charge >= 0.3 is 6.09 Å². The smallest absolute Gasteiger partial charge is 0.410 e. The average molecular weight is 559 g/mol. The number of hydrogen-bond acceptors (Lipinski definition) is 5. The number of amides is 2. The second kappa shape index (κ2) is 11.2. The van der Waals surface area contributed by atoms with Crippen molar-refractivity contribution >= 4 is 23.0 Å². The largest absolute Gasteiger partial charge is 0.495 e. The molecular weight excluding hydrogens is 523 g/mol. The van der Waals surface area contributed by atoms with E-state index in [1.54, 1.807) is 36.1 Å². The van der Waals surface area contributed by atoms with Crippen molar-refractivity contribution in [2.75, 3.05) is 33.3 Å². The fourth-order valence-corrected chi connectivity index (χ4v) is 5.17. The highest BCUT2D eigenvalue weighted by Crippen LogP contribution is 2.34. The van der Waals surface area contributed by atoms with Crippen LogP contribution in [0, 0.1) is 12.7 Å². The number of ether oxygens (including phenoxy) is 2. The van der Waals surface area contributed by atoms with Crippen LogP contribution in [-0.4, -0.2) is 70.2 Å². The number of fused-ring (bicyclic) bond motifs is 1. The Hall–Kier alpha value is -4.40. The SMILES string of the molecule is COc1cnc2c(c1)c(C(=O)N1CCN(C(=O)OC(C)(C)C)CC1)c(Cc1cccc(F)c1C)n2-c1ccccc1. The summed E-state index contributed by atoms with van der Waals surface area (Å²) in [5, 5.41) is 0.650. The first-order chi connectivity index (χ1) is 19.6. The standard InChI is InChI=1S/C32H35FN4O4/c1-21-22(10-9-13-26(21)33)18-27-28(30(38)35-14-16-36(17-15-35)31(39)41-32(2,3)4)25-19-24(40-5)20-34-29(25)37(27)23-11-7-6-8-12-23/h6-13,19-20H,14-18H2,1-5H3. The second-order valence-electron chi connectivity index (χ2n) is 11.2. The van der Waals surface area contributed by atoms with E-state index in [0.717, 1.165) is 11.3 Å². The lowest BCUT2D eigenvalue weighted by molar-refractivity contribution is 0.0141. The molecule has 1 aliphatic heterocycles. The van der Waals surface area contributed by atoms with E-state index in [-0.39, 0.29) is 17.8 Å². The summed E-state index contributed by atoms with van der Waals surface area (Å²) >= 11 is 0. The number of benzene rings is 2. The predicted molar refractivity (Wildman–Crippen MR) is 155 cm³/mol. The summed E-state index contributed by atoms with van der Waals surface area (Å²) in [5.74, 6) is 0.0587. The fraction of sp³-hybridized carbons (Fsp3) is 0.344. The molecule has 0 spiro atoms. The highest BCUT2D eigenvalue weighted by atomic mass is 19.1. The number of methoxy groups -OCH3 is 1.